The number of hydrogen-bond donors (Lipinski definition) is 1. The lowest BCUT2D eigenvalue weighted by Gasteiger charge is -2.05. The Morgan fingerprint density at radius 3 is 2.83 bits per heavy atom. The summed E-state index contributed by atoms with van der Waals surface area (Å²) >= 11 is 5.60. The Morgan fingerprint density at radius 2 is 2.17 bits per heavy atom. The fourth-order valence-electron chi connectivity index (χ4n) is 1.52. The molecule has 0 atom stereocenters. The lowest BCUT2D eigenvalue weighted by molar-refractivity contribution is 0.0945. The predicted octanol–water partition coefficient (Wildman–Crippen LogP) is 2.37. The number of benzene rings is 1. The van der Waals surface area contributed by atoms with E-state index in [0.717, 1.165) is 11.1 Å². The normalized spacial score (nSPS) is 10.1. The average Bonchev–Trinajstić information content (AvgIpc) is 2.37. The largest absolute Gasteiger partial charge is 0.347 e. The van der Waals surface area contributed by atoms with Gasteiger partial charge in [-0.05, 0) is 12.5 Å². The maximum atomic E-state index is 11.8. The molecule has 0 aliphatic heterocycles. The summed E-state index contributed by atoms with van der Waals surface area (Å²) in [4.78, 5) is 19.5. The molecule has 18 heavy (non-hydrogen) atoms. The highest BCUT2D eigenvalue weighted by Crippen LogP contribution is 2.04. The summed E-state index contributed by atoms with van der Waals surface area (Å²) in [7, 11) is 0. The van der Waals surface area contributed by atoms with E-state index in [1.807, 2.05) is 31.2 Å². The minimum absolute atomic E-state index is 0.257. The third-order valence-corrected chi connectivity index (χ3v) is 2.58. The molecule has 1 aromatic heterocycles. The van der Waals surface area contributed by atoms with Gasteiger partial charge in [-0.15, -0.1) is 0 Å². The standard InChI is InChI=1S/C13H12ClN3O/c1-9-3-2-4-10(5-9)6-17-13(18)11-7-16-12(14)8-15-11/h2-5,7-8H,6H2,1H3,(H,17,18). The van der Waals surface area contributed by atoms with Crippen LogP contribution >= 0.6 is 11.6 Å². The van der Waals surface area contributed by atoms with E-state index >= 15 is 0 Å². The van der Waals surface area contributed by atoms with Gasteiger partial charge in [-0.25, -0.2) is 9.97 Å². The second kappa shape index (κ2) is 5.60. The fraction of sp³-hybridized carbons (Fsp3) is 0.154. The molecule has 92 valence electrons. The first-order valence-electron chi connectivity index (χ1n) is 5.46. The zero-order chi connectivity index (χ0) is 13.0. The van der Waals surface area contributed by atoms with Crippen LogP contribution in [0.4, 0.5) is 0 Å². The molecule has 0 saturated heterocycles. The zero-order valence-electron chi connectivity index (χ0n) is 9.85. The van der Waals surface area contributed by atoms with Crippen molar-refractivity contribution in [3.05, 3.63) is 58.6 Å². The third-order valence-electron chi connectivity index (χ3n) is 2.39. The van der Waals surface area contributed by atoms with E-state index in [-0.39, 0.29) is 16.8 Å². The molecular weight excluding hydrogens is 250 g/mol. The first-order valence-corrected chi connectivity index (χ1v) is 5.84. The fourth-order valence-corrected chi connectivity index (χ4v) is 1.62. The summed E-state index contributed by atoms with van der Waals surface area (Å²) < 4.78 is 0. The molecule has 0 aliphatic carbocycles. The van der Waals surface area contributed by atoms with Crippen LogP contribution in [0.3, 0.4) is 0 Å². The van der Waals surface area contributed by atoms with Gasteiger partial charge in [0.1, 0.15) is 10.8 Å². The Labute approximate surface area is 110 Å². The van der Waals surface area contributed by atoms with Crippen molar-refractivity contribution >= 4 is 17.5 Å². The number of hydrogen-bond acceptors (Lipinski definition) is 3. The maximum Gasteiger partial charge on any atom is 0.271 e. The van der Waals surface area contributed by atoms with Gasteiger partial charge < -0.3 is 5.32 Å². The minimum atomic E-state index is -0.263. The quantitative estimate of drug-likeness (QED) is 0.923. The van der Waals surface area contributed by atoms with Gasteiger partial charge in [-0.1, -0.05) is 41.4 Å². The molecule has 0 fully saturated rings. The summed E-state index contributed by atoms with van der Waals surface area (Å²) in [5, 5.41) is 3.05. The van der Waals surface area contributed by atoms with Crippen molar-refractivity contribution in [2.75, 3.05) is 0 Å². The van der Waals surface area contributed by atoms with E-state index in [0.29, 0.717) is 6.54 Å². The molecular formula is C13H12ClN3O. The van der Waals surface area contributed by atoms with Crippen molar-refractivity contribution in [3.8, 4) is 0 Å². The molecule has 0 aliphatic rings. The van der Waals surface area contributed by atoms with Crippen LogP contribution in [0.25, 0.3) is 0 Å². The lowest BCUT2D eigenvalue weighted by atomic mass is 10.1. The van der Waals surface area contributed by atoms with Gasteiger partial charge in [-0.2, -0.15) is 0 Å². The van der Waals surface area contributed by atoms with Crippen molar-refractivity contribution in [1.82, 2.24) is 15.3 Å². The van der Waals surface area contributed by atoms with Crippen LogP contribution in [0.1, 0.15) is 21.6 Å². The van der Waals surface area contributed by atoms with Gasteiger partial charge in [0.05, 0.1) is 12.4 Å². The van der Waals surface area contributed by atoms with Gasteiger partial charge >= 0.3 is 0 Å². The molecule has 2 aromatic rings. The maximum absolute atomic E-state index is 11.8. The SMILES string of the molecule is Cc1cccc(CNC(=O)c2cnc(Cl)cn2)c1. The van der Waals surface area contributed by atoms with Crippen molar-refractivity contribution < 1.29 is 4.79 Å². The second-order valence-electron chi connectivity index (χ2n) is 3.90. The minimum Gasteiger partial charge on any atom is -0.347 e. The molecule has 1 N–H and O–H groups in total. The Kier molecular flexibility index (Phi) is 3.89. The van der Waals surface area contributed by atoms with Gasteiger partial charge in [0.15, 0.2) is 0 Å². The number of aryl methyl sites for hydroxylation is 1. The van der Waals surface area contributed by atoms with Crippen LogP contribution in [0.2, 0.25) is 5.15 Å². The van der Waals surface area contributed by atoms with Crippen molar-refractivity contribution in [3.63, 3.8) is 0 Å². The summed E-state index contributed by atoms with van der Waals surface area (Å²) in [6.07, 6.45) is 2.71. The monoisotopic (exact) mass is 261 g/mol. The molecule has 0 unspecified atom stereocenters. The van der Waals surface area contributed by atoms with Crippen molar-refractivity contribution in [1.29, 1.82) is 0 Å². The van der Waals surface area contributed by atoms with Gasteiger partial charge in [-0.3, -0.25) is 4.79 Å². The van der Waals surface area contributed by atoms with Crippen molar-refractivity contribution in [2.24, 2.45) is 0 Å². The number of carbonyl (C=O) groups is 1. The number of halogens is 1. The third kappa shape index (κ3) is 3.28. The number of rotatable bonds is 3. The smallest absolute Gasteiger partial charge is 0.271 e. The topological polar surface area (TPSA) is 54.9 Å². The summed E-state index contributed by atoms with van der Waals surface area (Å²) in [5.74, 6) is -0.263. The molecule has 1 aromatic carbocycles. The number of aromatic nitrogens is 2. The molecule has 0 saturated carbocycles. The zero-order valence-corrected chi connectivity index (χ0v) is 10.6. The lowest BCUT2D eigenvalue weighted by Crippen LogP contribution is -2.23. The predicted molar refractivity (Wildman–Crippen MR) is 69.4 cm³/mol. The van der Waals surface area contributed by atoms with E-state index in [1.54, 1.807) is 0 Å². The highest BCUT2D eigenvalue weighted by Gasteiger charge is 2.07. The Bertz CT molecular complexity index is 554. The van der Waals surface area contributed by atoms with Crippen LogP contribution in [0, 0.1) is 6.92 Å². The van der Waals surface area contributed by atoms with E-state index < -0.39 is 0 Å². The molecule has 4 nitrogen and oxygen atoms in total. The van der Waals surface area contributed by atoms with Crippen LogP contribution in [0.5, 0.6) is 0 Å². The number of nitrogens with zero attached hydrogens (tertiary/aromatic N) is 2. The molecule has 0 spiro atoms. The van der Waals surface area contributed by atoms with Crippen molar-refractivity contribution in [2.45, 2.75) is 13.5 Å². The number of carbonyl (C=O) groups excluding carboxylic acids is 1. The Balaban J connectivity index is 1.98. The average molecular weight is 262 g/mol. The number of nitrogens with one attached hydrogen (secondary N) is 1. The summed E-state index contributed by atoms with van der Waals surface area (Å²) in [6, 6.07) is 7.95. The molecule has 0 bridgehead atoms. The molecule has 2 rings (SSSR count). The molecule has 0 radical (unpaired) electrons. The highest BCUT2D eigenvalue weighted by molar-refractivity contribution is 6.29. The Morgan fingerprint density at radius 1 is 1.33 bits per heavy atom. The molecule has 1 heterocycles. The van der Waals surface area contributed by atoms with Gasteiger partial charge in [0, 0.05) is 6.54 Å². The summed E-state index contributed by atoms with van der Waals surface area (Å²) in [6.45, 7) is 2.47. The molecule has 5 heteroatoms. The van der Waals surface area contributed by atoms with E-state index in [1.165, 1.54) is 12.4 Å². The van der Waals surface area contributed by atoms with Gasteiger partial charge in [0.25, 0.3) is 5.91 Å². The van der Waals surface area contributed by atoms with Gasteiger partial charge in [0.2, 0.25) is 0 Å². The summed E-state index contributed by atoms with van der Waals surface area (Å²) in [5.41, 5.74) is 2.46. The number of amides is 1. The van der Waals surface area contributed by atoms with E-state index in [9.17, 15) is 4.79 Å². The van der Waals surface area contributed by atoms with E-state index in [4.69, 9.17) is 11.6 Å². The first kappa shape index (κ1) is 12.5. The van der Waals surface area contributed by atoms with E-state index in [2.05, 4.69) is 15.3 Å². The highest BCUT2D eigenvalue weighted by atomic mass is 35.5. The Hall–Kier alpha value is -1.94. The van der Waals surface area contributed by atoms with Crippen LogP contribution in [-0.4, -0.2) is 15.9 Å². The second-order valence-corrected chi connectivity index (χ2v) is 4.28. The van der Waals surface area contributed by atoms with Crippen LogP contribution in [0.15, 0.2) is 36.7 Å². The van der Waals surface area contributed by atoms with Crippen LogP contribution in [-0.2, 0) is 6.54 Å². The first-order chi connectivity index (χ1) is 8.65. The molecule has 1 amide bonds. The van der Waals surface area contributed by atoms with Crippen LogP contribution < -0.4 is 5.32 Å².